The lowest BCUT2D eigenvalue weighted by Gasteiger charge is -2.44. The predicted molar refractivity (Wildman–Crippen MR) is 110 cm³/mol. The molecular formula is C22H28O4Si. The van der Waals surface area contributed by atoms with Crippen molar-refractivity contribution in [3.8, 4) is 0 Å². The van der Waals surface area contributed by atoms with E-state index in [-0.39, 0.29) is 11.6 Å². The van der Waals surface area contributed by atoms with Crippen molar-refractivity contribution in [1.29, 1.82) is 0 Å². The Bertz CT molecular complexity index is 715. The molecule has 3 atom stereocenters. The molecule has 0 bridgehead atoms. The summed E-state index contributed by atoms with van der Waals surface area (Å²) in [6, 6.07) is 20.6. The summed E-state index contributed by atoms with van der Waals surface area (Å²) in [5.74, 6) is 0. The van der Waals surface area contributed by atoms with Crippen molar-refractivity contribution in [3.05, 3.63) is 72.8 Å². The van der Waals surface area contributed by atoms with Crippen LogP contribution in [-0.4, -0.2) is 43.6 Å². The van der Waals surface area contributed by atoms with Gasteiger partial charge < -0.3 is 19.4 Å². The number of aliphatic hydroxyl groups is 2. The van der Waals surface area contributed by atoms with E-state index in [0.717, 1.165) is 0 Å². The SMILES string of the molecule is CC(C)(C)[Si](OC[C@@H]1OC(O)C=CC1O)(c1ccccc1)c1ccccc1. The van der Waals surface area contributed by atoms with Gasteiger partial charge in [-0.15, -0.1) is 0 Å². The second kappa shape index (κ2) is 8.08. The molecule has 2 N–H and O–H groups in total. The molecule has 1 heterocycles. The van der Waals surface area contributed by atoms with Gasteiger partial charge in [-0.2, -0.15) is 0 Å². The average Bonchev–Trinajstić information content (AvgIpc) is 2.65. The molecule has 2 aromatic rings. The normalized spacial score (nSPS) is 23.4. The highest BCUT2D eigenvalue weighted by Crippen LogP contribution is 2.37. The van der Waals surface area contributed by atoms with Gasteiger partial charge in [0.1, 0.15) is 12.2 Å². The number of aliphatic hydroxyl groups excluding tert-OH is 2. The zero-order valence-electron chi connectivity index (χ0n) is 16.1. The van der Waals surface area contributed by atoms with E-state index in [2.05, 4.69) is 45.0 Å². The molecule has 1 aliphatic heterocycles. The Morgan fingerprint density at radius 3 is 1.89 bits per heavy atom. The topological polar surface area (TPSA) is 58.9 Å². The fourth-order valence-corrected chi connectivity index (χ4v) is 8.31. The average molecular weight is 385 g/mol. The Hall–Kier alpha value is -1.76. The zero-order chi connectivity index (χ0) is 19.5. The minimum atomic E-state index is -2.68. The summed E-state index contributed by atoms with van der Waals surface area (Å²) in [7, 11) is -2.68. The van der Waals surface area contributed by atoms with Gasteiger partial charge in [-0.25, -0.2) is 0 Å². The standard InChI is InChI=1S/C22H28O4Si/c1-22(2,3)27(17-10-6-4-7-11-17,18-12-8-5-9-13-18)25-16-20-19(23)14-15-21(24)26-20/h4-15,19-21,23-24H,16H2,1-3H3/t19?,20-,21?/m0/s1. The van der Waals surface area contributed by atoms with Crippen LogP contribution in [-0.2, 0) is 9.16 Å². The van der Waals surface area contributed by atoms with Gasteiger partial charge in [0.25, 0.3) is 8.32 Å². The molecule has 0 saturated heterocycles. The Kier molecular flexibility index (Phi) is 5.98. The van der Waals surface area contributed by atoms with Gasteiger partial charge in [0.15, 0.2) is 6.29 Å². The molecule has 5 heteroatoms. The third kappa shape index (κ3) is 4.07. The van der Waals surface area contributed by atoms with Crippen molar-refractivity contribution in [2.24, 2.45) is 0 Å². The fraction of sp³-hybridized carbons (Fsp3) is 0.364. The maximum absolute atomic E-state index is 10.2. The number of rotatable bonds is 5. The van der Waals surface area contributed by atoms with E-state index in [1.165, 1.54) is 16.4 Å². The van der Waals surface area contributed by atoms with Crippen LogP contribution in [0.5, 0.6) is 0 Å². The molecule has 4 nitrogen and oxygen atoms in total. The van der Waals surface area contributed by atoms with Crippen LogP contribution < -0.4 is 10.4 Å². The van der Waals surface area contributed by atoms with E-state index in [0.29, 0.717) is 0 Å². The summed E-state index contributed by atoms with van der Waals surface area (Å²) in [6.45, 7) is 6.81. The molecule has 3 rings (SSSR count). The van der Waals surface area contributed by atoms with Crippen molar-refractivity contribution in [3.63, 3.8) is 0 Å². The smallest absolute Gasteiger partial charge is 0.261 e. The summed E-state index contributed by atoms with van der Waals surface area (Å²) in [4.78, 5) is 0. The molecule has 0 amide bonds. The van der Waals surface area contributed by atoms with Gasteiger partial charge in [0.2, 0.25) is 0 Å². The Morgan fingerprint density at radius 1 is 0.889 bits per heavy atom. The molecule has 1 aliphatic rings. The first-order chi connectivity index (χ1) is 12.8. The molecular weight excluding hydrogens is 356 g/mol. The number of hydrogen-bond acceptors (Lipinski definition) is 4. The van der Waals surface area contributed by atoms with Gasteiger partial charge >= 0.3 is 0 Å². The van der Waals surface area contributed by atoms with Crippen molar-refractivity contribution in [2.75, 3.05) is 6.61 Å². The van der Waals surface area contributed by atoms with Gasteiger partial charge in [0, 0.05) is 0 Å². The van der Waals surface area contributed by atoms with E-state index in [1.807, 2.05) is 36.4 Å². The first-order valence-corrected chi connectivity index (χ1v) is 11.2. The van der Waals surface area contributed by atoms with Gasteiger partial charge in [-0.1, -0.05) is 87.5 Å². The van der Waals surface area contributed by atoms with Crippen molar-refractivity contribution < 1.29 is 19.4 Å². The van der Waals surface area contributed by atoms with Gasteiger partial charge in [-0.3, -0.25) is 0 Å². The zero-order valence-corrected chi connectivity index (χ0v) is 17.1. The van der Waals surface area contributed by atoms with Crippen LogP contribution in [0.2, 0.25) is 5.04 Å². The number of ether oxygens (including phenoxy) is 1. The number of benzene rings is 2. The van der Waals surface area contributed by atoms with Gasteiger partial charge in [0.05, 0.1) is 6.61 Å². The summed E-state index contributed by atoms with van der Waals surface area (Å²) in [5, 5.41) is 22.2. The predicted octanol–water partition coefficient (Wildman–Crippen LogP) is 2.20. The highest BCUT2D eigenvalue weighted by Gasteiger charge is 2.50. The van der Waals surface area contributed by atoms with E-state index < -0.39 is 26.8 Å². The molecule has 0 radical (unpaired) electrons. The largest absolute Gasteiger partial charge is 0.405 e. The molecule has 0 saturated carbocycles. The summed E-state index contributed by atoms with van der Waals surface area (Å²) in [6.07, 6.45) is 0.594. The first-order valence-electron chi connectivity index (χ1n) is 9.29. The molecule has 0 aromatic heterocycles. The molecule has 144 valence electrons. The van der Waals surface area contributed by atoms with Crippen LogP contribution in [0.3, 0.4) is 0 Å². The Morgan fingerprint density at radius 2 is 1.41 bits per heavy atom. The van der Waals surface area contributed by atoms with Crippen LogP contribution in [0.25, 0.3) is 0 Å². The van der Waals surface area contributed by atoms with Crippen LogP contribution in [0.1, 0.15) is 20.8 Å². The van der Waals surface area contributed by atoms with Crippen molar-refractivity contribution in [2.45, 2.75) is 44.3 Å². The quantitative estimate of drug-likeness (QED) is 0.613. The van der Waals surface area contributed by atoms with E-state index in [4.69, 9.17) is 9.16 Å². The molecule has 27 heavy (non-hydrogen) atoms. The molecule has 0 fully saturated rings. The van der Waals surface area contributed by atoms with Crippen molar-refractivity contribution in [1.82, 2.24) is 0 Å². The lowest BCUT2D eigenvalue weighted by atomic mass is 10.1. The van der Waals surface area contributed by atoms with Crippen LogP contribution in [0.4, 0.5) is 0 Å². The second-order valence-electron chi connectivity index (χ2n) is 7.91. The molecule has 2 aromatic carbocycles. The molecule has 0 spiro atoms. The maximum Gasteiger partial charge on any atom is 0.261 e. The first kappa shape index (κ1) is 20.0. The lowest BCUT2D eigenvalue weighted by Crippen LogP contribution is -2.67. The van der Waals surface area contributed by atoms with Crippen LogP contribution in [0.15, 0.2) is 72.8 Å². The second-order valence-corrected chi connectivity index (χ2v) is 12.2. The summed E-state index contributed by atoms with van der Waals surface area (Å²) in [5.41, 5.74) is 0. The van der Waals surface area contributed by atoms with E-state index >= 15 is 0 Å². The minimum absolute atomic E-state index is 0.149. The van der Waals surface area contributed by atoms with E-state index in [1.54, 1.807) is 6.08 Å². The highest BCUT2D eigenvalue weighted by atomic mass is 28.4. The van der Waals surface area contributed by atoms with Crippen molar-refractivity contribution >= 4 is 18.7 Å². The highest BCUT2D eigenvalue weighted by molar-refractivity contribution is 6.99. The minimum Gasteiger partial charge on any atom is -0.405 e. The number of hydrogen-bond donors (Lipinski definition) is 2. The molecule has 2 unspecified atom stereocenters. The maximum atomic E-state index is 10.2. The summed E-state index contributed by atoms with van der Waals surface area (Å²) >= 11 is 0. The third-order valence-corrected chi connectivity index (χ3v) is 10.1. The Labute approximate surface area is 162 Å². The van der Waals surface area contributed by atoms with Gasteiger partial charge in [-0.05, 0) is 21.5 Å². The van der Waals surface area contributed by atoms with Crippen LogP contribution >= 0.6 is 0 Å². The third-order valence-electron chi connectivity index (χ3n) is 5.05. The molecule has 0 aliphatic carbocycles. The summed E-state index contributed by atoms with van der Waals surface area (Å²) < 4.78 is 12.2. The van der Waals surface area contributed by atoms with E-state index in [9.17, 15) is 10.2 Å². The monoisotopic (exact) mass is 384 g/mol. The van der Waals surface area contributed by atoms with Crippen LogP contribution in [0, 0.1) is 0 Å². The lowest BCUT2D eigenvalue weighted by molar-refractivity contribution is -0.152. The fourth-order valence-electron chi connectivity index (χ4n) is 3.74. The Balaban J connectivity index is 2.03.